The summed E-state index contributed by atoms with van der Waals surface area (Å²) in [7, 11) is 0. The molecule has 0 radical (unpaired) electrons. The summed E-state index contributed by atoms with van der Waals surface area (Å²) < 4.78 is 65.3. The molecule has 0 atom stereocenters. The Kier molecular flexibility index (Phi) is 8.75. The van der Waals surface area contributed by atoms with Crippen LogP contribution in [-0.2, 0) is 10.8 Å². The molecule has 2 aliphatic heterocycles. The second-order valence-electron chi connectivity index (χ2n) is 19.4. The van der Waals surface area contributed by atoms with Crippen molar-refractivity contribution in [2.24, 2.45) is 0 Å². The van der Waals surface area contributed by atoms with Crippen molar-refractivity contribution in [2.75, 3.05) is 9.80 Å². The van der Waals surface area contributed by atoms with Crippen LogP contribution in [0.25, 0.3) is 27.5 Å². The number of anilines is 6. The van der Waals surface area contributed by atoms with Gasteiger partial charge in [-0.2, -0.15) is 0 Å². The zero-order valence-electron chi connectivity index (χ0n) is 36.8. The van der Waals surface area contributed by atoms with Gasteiger partial charge in [-0.05, 0) is 137 Å². The summed E-state index contributed by atoms with van der Waals surface area (Å²) in [5, 5.41) is 2.29. The van der Waals surface area contributed by atoms with E-state index in [2.05, 4.69) is 147 Å². The zero-order chi connectivity index (χ0) is 43.9. The number of aryl methyl sites for hydroxylation is 4. The largest absolute Gasteiger partial charge is 0.309 e. The van der Waals surface area contributed by atoms with E-state index >= 15 is 8.78 Å². The smallest absolute Gasteiger partial charge is 0.252 e. The first kappa shape index (κ1) is 39.8. The van der Waals surface area contributed by atoms with Crippen molar-refractivity contribution in [3.05, 3.63) is 166 Å². The van der Waals surface area contributed by atoms with E-state index in [1.165, 1.54) is 24.3 Å². The summed E-state index contributed by atoms with van der Waals surface area (Å²) in [5.74, 6) is -2.78. The van der Waals surface area contributed by atoms with Crippen LogP contribution in [0.2, 0.25) is 0 Å². The molecular weight excluding hydrogens is 777 g/mol. The molecular formula is C54H48BF4N3. The lowest BCUT2D eigenvalue weighted by Crippen LogP contribution is -2.61. The number of nitrogens with zero attached hydrogens (tertiary/aromatic N) is 3. The molecule has 0 bridgehead atoms. The summed E-state index contributed by atoms with van der Waals surface area (Å²) in [5.41, 5.74) is 15.0. The molecule has 0 unspecified atom stereocenters. The Balaban J connectivity index is 1.43. The van der Waals surface area contributed by atoms with Gasteiger partial charge in [-0.1, -0.05) is 90.1 Å². The van der Waals surface area contributed by atoms with E-state index in [9.17, 15) is 8.78 Å². The molecule has 3 nitrogen and oxygen atoms in total. The molecule has 2 aliphatic rings. The van der Waals surface area contributed by atoms with E-state index in [0.29, 0.717) is 11.4 Å². The molecule has 0 fully saturated rings. The summed E-state index contributed by atoms with van der Waals surface area (Å²) in [6, 6.07) is 33.1. The van der Waals surface area contributed by atoms with Crippen LogP contribution in [0.15, 0.2) is 109 Å². The minimum absolute atomic E-state index is 0.184. The van der Waals surface area contributed by atoms with Crippen molar-refractivity contribution in [3.8, 4) is 5.69 Å². The van der Waals surface area contributed by atoms with Gasteiger partial charge in [-0.25, -0.2) is 17.6 Å². The molecule has 0 saturated heterocycles. The van der Waals surface area contributed by atoms with E-state index in [1.807, 2.05) is 9.80 Å². The first-order valence-corrected chi connectivity index (χ1v) is 21.3. The highest BCUT2D eigenvalue weighted by molar-refractivity contribution is 7.00. The quantitative estimate of drug-likeness (QED) is 0.130. The Labute approximate surface area is 361 Å². The van der Waals surface area contributed by atoms with Gasteiger partial charge >= 0.3 is 0 Å². The van der Waals surface area contributed by atoms with E-state index in [1.54, 1.807) is 0 Å². The highest BCUT2D eigenvalue weighted by Gasteiger charge is 2.45. The van der Waals surface area contributed by atoms with Gasteiger partial charge in [0.05, 0.1) is 28.1 Å². The van der Waals surface area contributed by atoms with Gasteiger partial charge in [0.15, 0.2) is 0 Å². The molecule has 1 aromatic heterocycles. The number of fused-ring (bicyclic) bond motifs is 7. The van der Waals surface area contributed by atoms with E-state index < -0.39 is 23.3 Å². The van der Waals surface area contributed by atoms with Crippen molar-refractivity contribution in [3.63, 3.8) is 0 Å². The Morgan fingerprint density at radius 3 is 1.19 bits per heavy atom. The molecule has 3 heterocycles. The Morgan fingerprint density at radius 1 is 0.419 bits per heavy atom. The molecule has 62 heavy (non-hydrogen) atoms. The highest BCUT2D eigenvalue weighted by atomic mass is 19.1. The van der Waals surface area contributed by atoms with Crippen LogP contribution in [0.4, 0.5) is 51.7 Å². The van der Waals surface area contributed by atoms with Crippen molar-refractivity contribution >= 4 is 79.0 Å². The topological polar surface area (TPSA) is 11.4 Å². The molecule has 0 saturated carbocycles. The fourth-order valence-corrected chi connectivity index (χ4v) is 10.1. The maximum absolute atomic E-state index is 16.6. The van der Waals surface area contributed by atoms with Crippen LogP contribution < -0.4 is 26.2 Å². The van der Waals surface area contributed by atoms with Gasteiger partial charge in [-0.3, -0.25) is 0 Å². The number of rotatable bonds is 3. The number of hydrogen-bond donors (Lipinski definition) is 0. The molecule has 0 amide bonds. The normalized spacial score (nSPS) is 13.5. The number of benzene rings is 7. The zero-order valence-corrected chi connectivity index (χ0v) is 36.8. The fourth-order valence-electron chi connectivity index (χ4n) is 10.1. The molecule has 310 valence electrons. The van der Waals surface area contributed by atoms with Crippen LogP contribution in [0.5, 0.6) is 0 Å². The van der Waals surface area contributed by atoms with Crippen LogP contribution in [-0.4, -0.2) is 11.3 Å². The van der Waals surface area contributed by atoms with Crippen LogP contribution >= 0.6 is 0 Å². The monoisotopic (exact) mass is 825 g/mol. The van der Waals surface area contributed by atoms with Gasteiger partial charge in [0.2, 0.25) is 0 Å². The average molecular weight is 826 g/mol. The van der Waals surface area contributed by atoms with E-state index in [0.717, 1.165) is 101 Å². The summed E-state index contributed by atoms with van der Waals surface area (Å²) in [4.78, 5) is 3.83. The molecule has 8 aromatic rings. The predicted molar refractivity (Wildman–Crippen MR) is 251 cm³/mol. The van der Waals surface area contributed by atoms with E-state index in [4.69, 9.17) is 0 Å². The van der Waals surface area contributed by atoms with Crippen molar-refractivity contribution < 1.29 is 17.6 Å². The summed E-state index contributed by atoms with van der Waals surface area (Å²) in [6.45, 7) is 21.2. The minimum Gasteiger partial charge on any atom is -0.309 e. The molecule has 0 N–H and O–H groups in total. The van der Waals surface area contributed by atoms with Gasteiger partial charge in [0, 0.05) is 45.7 Å². The fraction of sp³-hybridized carbons (Fsp3) is 0.222. The van der Waals surface area contributed by atoms with Crippen LogP contribution in [0.1, 0.15) is 74.9 Å². The first-order valence-electron chi connectivity index (χ1n) is 21.3. The standard InChI is InChI=1S/C54H48BF4N3/c1-29-11-13-31(3)51-48(29)49-30(2)12-14-32(4)52(49)60(51)37-27-46-50-47(28-37)62(45-22-18-36(57)26-41(45)59)43-20-16-34(54(8,9)10)24-39(43)55(50)38-23-33(53(5,6)7)15-19-42(38)61(46)44-21-17-35(56)25-40(44)58/h11-28H,1-10H3. The minimum atomic E-state index is -0.712. The maximum atomic E-state index is 16.6. The molecule has 0 aliphatic carbocycles. The number of hydrogen-bond acceptors (Lipinski definition) is 2. The van der Waals surface area contributed by atoms with Crippen molar-refractivity contribution in [1.82, 2.24) is 4.57 Å². The third kappa shape index (κ3) is 5.85. The lowest BCUT2D eigenvalue weighted by Gasteiger charge is -2.45. The Hall–Kier alpha value is -6.28. The predicted octanol–water partition coefficient (Wildman–Crippen LogP) is 13.3. The summed E-state index contributed by atoms with van der Waals surface area (Å²) in [6.07, 6.45) is 0. The number of halogens is 4. The second kappa shape index (κ2) is 13.6. The third-order valence-corrected chi connectivity index (χ3v) is 13.2. The molecule has 8 heteroatoms. The van der Waals surface area contributed by atoms with E-state index in [-0.39, 0.29) is 28.9 Å². The number of aromatic nitrogens is 1. The first-order chi connectivity index (χ1) is 29.3. The Bertz CT molecular complexity index is 3020. The maximum Gasteiger partial charge on any atom is 0.252 e. The van der Waals surface area contributed by atoms with Gasteiger partial charge in [0.25, 0.3) is 6.71 Å². The van der Waals surface area contributed by atoms with Crippen LogP contribution in [0.3, 0.4) is 0 Å². The average Bonchev–Trinajstić information content (AvgIpc) is 3.59. The highest BCUT2D eigenvalue weighted by Crippen LogP contribution is 2.49. The summed E-state index contributed by atoms with van der Waals surface area (Å²) >= 11 is 0. The third-order valence-electron chi connectivity index (χ3n) is 13.2. The van der Waals surface area contributed by atoms with Crippen LogP contribution in [0, 0.1) is 51.0 Å². The lowest BCUT2D eigenvalue weighted by atomic mass is 9.33. The van der Waals surface area contributed by atoms with Gasteiger partial charge < -0.3 is 14.4 Å². The second-order valence-corrected chi connectivity index (χ2v) is 19.4. The SMILES string of the molecule is Cc1ccc(C)c2c1c1c(C)ccc(C)c1n2-c1cc2c3c(c1)N(c1ccc(F)cc1F)c1ccc(C(C)(C)C)cc1B3c1cc(C(C)(C)C)ccc1N2c1ccc(F)cc1F. The molecule has 0 spiro atoms. The molecule has 10 rings (SSSR count). The van der Waals surface area contributed by atoms with Crippen molar-refractivity contribution in [2.45, 2.75) is 80.1 Å². The van der Waals surface area contributed by atoms with Crippen molar-refractivity contribution in [1.29, 1.82) is 0 Å². The van der Waals surface area contributed by atoms with Gasteiger partial charge in [-0.15, -0.1) is 0 Å². The Morgan fingerprint density at radius 2 is 0.806 bits per heavy atom. The molecule has 7 aromatic carbocycles. The van der Waals surface area contributed by atoms with Gasteiger partial charge in [0.1, 0.15) is 23.3 Å². The lowest BCUT2D eigenvalue weighted by molar-refractivity contribution is 0.583.